The number of likely N-dealkylation sites (tertiary alicyclic amines) is 1. The van der Waals surface area contributed by atoms with Gasteiger partial charge in [-0.1, -0.05) is 42.5 Å². The second kappa shape index (κ2) is 5.09. The van der Waals surface area contributed by atoms with E-state index in [1.54, 1.807) is 0 Å². The highest BCUT2D eigenvalue weighted by molar-refractivity contribution is 5.85. The fourth-order valence-electron chi connectivity index (χ4n) is 2.96. The molecule has 18 heavy (non-hydrogen) atoms. The van der Waals surface area contributed by atoms with Crippen LogP contribution in [0, 0.1) is 0 Å². The molecule has 0 bridgehead atoms. The van der Waals surface area contributed by atoms with Gasteiger partial charge in [-0.05, 0) is 35.7 Å². The zero-order chi connectivity index (χ0) is 12.4. The Bertz CT molecular complexity index is 532. The Kier molecular flexibility index (Phi) is 3.31. The second-order valence-corrected chi connectivity index (χ2v) is 5.09. The quantitative estimate of drug-likeness (QED) is 0.893. The standard InChI is InChI=1S/C16H19NO/c18-12-15-8-4-10-17(15)11-14-7-3-6-13-5-1-2-9-16(13)14/h1-3,5-7,9,15,18H,4,8,10-12H2/t15-/m0/s1. The van der Waals surface area contributed by atoms with Gasteiger partial charge in [-0.3, -0.25) is 4.90 Å². The maximum Gasteiger partial charge on any atom is 0.0587 e. The van der Waals surface area contributed by atoms with E-state index in [0.717, 1.165) is 19.5 Å². The lowest BCUT2D eigenvalue weighted by molar-refractivity contribution is 0.154. The minimum Gasteiger partial charge on any atom is -0.395 e. The fraction of sp³-hybridized carbons (Fsp3) is 0.375. The summed E-state index contributed by atoms with van der Waals surface area (Å²) >= 11 is 0. The molecule has 1 heterocycles. The second-order valence-electron chi connectivity index (χ2n) is 5.09. The molecule has 1 atom stereocenters. The van der Waals surface area contributed by atoms with Gasteiger partial charge in [0.1, 0.15) is 0 Å². The van der Waals surface area contributed by atoms with Crippen LogP contribution in [0.1, 0.15) is 18.4 Å². The summed E-state index contributed by atoms with van der Waals surface area (Å²) in [6, 6.07) is 15.4. The zero-order valence-electron chi connectivity index (χ0n) is 10.5. The third kappa shape index (κ3) is 2.14. The Hall–Kier alpha value is -1.38. The van der Waals surface area contributed by atoms with Crippen molar-refractivity contribution in [3.05, 3.63) is 48.0 Å². The summed E-state index contributed by atoms with van der Waals surface area (Å²) < 4.78 is 0. The Labute approximate surface area is 108 Å². The van der Waals surface area contributed by atoms with Crippen LogP contribution in [0.25, 0.3) is 10.8 Å². The molecule has 0 unspecified atom stereocenters. The zero-order valence-corrected chi connectivity index (χ0v) is 10.5. The molecule has 1 N–H and O–H groups in total. The molecule has 2 nitrogen and oxygen atoms in total. The monoisotopic (exact) mass is 241 g/mol. The van der Waals surface area contributed by atoms with Crippen LogP contribution in [0.5, 0.6) is 0 Å². The van der Waals surface area contributed by atoms with Crippen molar-refractivity contribution < 1.29 is 5.11 Å². The molecule has 2 aromatic carbocycles. The third-order valence-electron chi connectivity index (χ3n) is 3.96. The molecule has 2 aromatic rings. The van der Waals surface area contributed by atoms with Gasteiger partial charge < -0.3 is 5.11 Å². The van der Waals surface area contributed by atoms with E-state index in [1.165, 1.54) is 22.8 Å². The molecule has 1 aliphatic heterocycles. The van der Waals surface area contributed by atoms with Gasteiger partial charge in [-0.15, -0.1) is 0 Å². The molecule has 0 radical (unpaired) electrons. The largest absolute Gasteiger partial charge is 0.395 e. The smallest absolute Gasteiger partial charge is 0.0587 e. The Balaban J connectivity index is 1.90. The molecule has 3 rings (SSSR count). The highest BCUT2D eigenvalue weighted by atomic mass is 16.3. The normalized spacial score (nSPS) is 20.6. The number of nitrogens with zero attached hydrogens (tertiary/aromatic N) is 1. The molecular formula is C16H19NO. The molecule has 1 saturated heterocycles. The van der Waals surface area contributed by atoms with Crippen molar-refractivity contribution in [3.63, 3.8) is 0 Å². The van der Waals surface area contributed by atoms with Crippen LogP contribution in [0.3, 0.4) is 0 Å². The summed E-state index contributed by atoms with van der Waals surface area (Å²) in [6.07, 6.45) is 2.33. The van der Waals surface area contributed by atoms with Gasteiger partial charge >= 0.3 is 0 Å². The Morgan fingerprint density at radius 2 is 1.94 bits per heavy atom. The van der Waals surface area contributed by atoms with E-state index in [9.17, 15) is 5.11 Å². The summed E-state index contributed by atoms with van der Waals surface area (Å²) in [4.78, 5) is 2.40. The van der Waals surface area contributed by atoms with Crippen molar-refractivity contribution in [3.8, 4) is 0 Å². The first-order chi connectivity index (χ1) is 8.88. The third-order valence-corrected chi connectivity index (χ3v) is 3.96. The highest BCUT2D eigenvalue weighted by Crippen LogP contribution is 2.24. The van der Waals surface area contributed by atoms with Crippen molar-refractivity contribution in [1.29, 1.82) is 0 Å². The molecule has 1 aliphatic rings. The van der Waals surface area contributed by atoms with Gasteiger partial charge in [0.2, 0.25) is 0 Å². The minimum absolute atomic E-state index is 0.283. The van der Waals surface area contributed by atoms with Crippen LogP contribution >= 0.6 is 0 Å². The van der Waals surface area contributed by atoms with Crippen LogP contribution in [0.2, 0.25) is 0 Å². The molecule has 0 spiro atoms. The molecule has 2 heteroatoms. The number of aliphatic hydroxyl groups excluding tert-OH is 1. The number of fused-ring (bicyclic) bond motifs is 1. The van der Waals surface area contributed by atoms with Crippen molar-refractivity contribution in [2.75, 3.05) is 13.2 Å². The summed E-state index contributed by atoms with van der Waals surface area (Å²) in [6.45, 7) is 2.34. The average Bonchev–Trinajstić information content (AvgIpc) is 2.86. The average molecular weight is 241 g/mol. The van der Waals surface area contributed by atoms with E-state index in [-0.39, 0.29) is 6.61 Å². The Morgan fingerprint density at radius 1 is 1.11 bits per heavy atom. The summed E-state index contributed by atoms with van der Waals surface area (Å²) in [5.41, 5.74) is 1.37. The number of aliphatic hydroxyl groups is 1. The van der Waals surface area contributed by atoms with E-state index in [2.05, 4.69) is 47.4 Å². The van der Waals surface area contributed by atoms with Crippen LogP contribution in [0.15, 0.2) is 42.5 Å². The lowest BCUT2D eigenvalue weighted by Gasteiger charge is -2.23. The van der Waals surface area contributed by atoms with Gasteiger partial charge in [0, 0.05) is 12.6 Å². The van der Waals surface area contributed by atoms with Gasteiger partial charge in [0.15, 0.2) is 0 Å². The van der Waals surface area contributed by atoms with Crippen LogP contribution in [0.4, 0.5) is 0 Å². The molecule has 0 aromatic heterocycles. The molecule has 0 aliphatic carbocycles. The van der Waals surface area contributed by atoms with Gasteiger partial charge in [0.25, 0.3) is 0 Å². The topological polar surface area (TPSA) is 23.5 Å². The SMILES string of the molecule is OC[C@@H]1CCCN1Cc1cccc2ccccc12. The van der Waals surface area contributed by atoms with Crippen molar-refractivity contribution >= 4 is 10.8 Å². The first-order valence-electron chi connectivity index (χ1n) is 6.70. The molecular weight excluding hydrogens is 222 g/mol. The van der Waals surface area contributed by atoms with Gasteiger partial charge in [-0.25, -0.2) is 0 Å². The fourth-order valence-corrected chi connectivity index (χ4v) is 2.96. The maximum atomic E-state index is 9.39. The number of rotatable bonds is 3. The van der Waals surface area contributed by atoms with Crippen molar-refractivity contribution in [1.82, 2.24) is 4.90 Å². The van der Waals surface area contributed by atoms with Gasteiger partial charge in [0.05, 0.1) is 6.61 Å². The van der Waals surface area contributed by atoms with Crippen molar-refractivity contribution in [2.45, 2.75) is 25.4 Å². The Morgan fingerprint density at radius 3 is 2.83 bits per heavy atom. The van der Waals surface area contributed by atoms with E-state index >= 15 is 0 Å². The minimum atomic E-state index is 0.283. The highest BCUT2D eigenvalue weighted by Gasteiger charge is 2.23. The number of hydrogen-bond acceptors (Lipinski definition) is 2. The van der Waals surface area contributed by atoms with Crippen LogP contribution in [-0.2, 0) is 6.54 Å². The first-order valence-corrected chi connectivity index (χ1v) is 6.70. The number of benzene rings is 2. The molecule has 1 fully saturated rings. The maximum absolute atomic E-state index is 9.39. The summed E-state index contributed by atoms with van der Waals surface area (Å²) in [7, 11) is 0. The van der Waals surface area contributed by atoms with Crippen LogP contribution in [-0.4, -0.2) is 29.2 Å². The lowest BCUT2D eigenvalue weighted by Crippen LogP contribution is -2.31. The summed E-state index contributed by atoms with van der Waals surface area (Å²) in [5.74, 6) is 0. The van der Waals surface area contributed by atoms with Gasteiger partial charge in [-0.2, -0.15) is 0 Å². The first kappa shape index (κ1) is 11.7. The number of hydrogen-bond donors (Lipinski definition) is 1. The van der Waals surface area contributed by atoms with E-state index in [1.807, 2.05) is 0 Å². The predicted octanol–water partition coefficient (Wildman–Crippen LogP) is 2.80. The van der Waals surface area contributed by atoms with Crippen molar-refractivity contribution in [2.24, 2.45) is 0 Å². The van der Waals surface area contributed by atoms with E-state index < -0.39 is 0 Å². The predicted molar refractivity (Wildman–Crippen MR) is 74.5 cm³/mol. The molecule has 0 amide bonds. The van der Waals surface area contributed by atoms with Crippen LogP contribution < -0.4 is 0 Å². The molecule has 0 saturated carbocycles. The molecule has 94 valence electrons. The van der Waals surface area contributed by atoms with E-state index in [0.29, 0.717) is 6.04 Å². The summed E-state index contributed by atoms with van der Waals surface area (Å²) in [5, 5.41) is 12.0. The van der Waals surface area contributed by atoms with E-state index in [4.69, 9.17) is 0 Å². The lowest BCUT2D eigenvalue weighted by atomic mass is 10.0.